The van der Waals surface area contributed by atoms with Gasteiger partial charge in [-0.15, -0.1) is 0 Å². The molecule has 162 valence electrons. The van der Waals surface area contributed by atoms with Gasteiger partial charge in [0.2, 0.25) is 5.95 Å². The Bertz CT molecular complexity index is 963. The third-order valence-corrected chi connectivity index (χ3v) is 6.67. The van der Waals surface area contributed by atoms with Crippen LogP contribution in [-0.4, -0.2) is 57.8 Å². The van der Waals surface area contributed by atoms with Crippen LogP contribution < -0.4 is 4.90 Å². The number of aromatic nitrogens is 4. The van der Waals surface area contributed by atoms with Crippen LogP contribution in [-0.2, 0) is 6.42 Å². The molecule has 2 aliphatic heterocycles. The van der Waals surface area contributed by atoms with Crippen molar-refractivity contribution in [1.82, 2.24) is 25.1 Å². The predicted octanol–water partition coefficient (Wildman–Crippen LogP) is 4.28. The fourth-order valence-corrected chi connectivity index (χ4v) is 5.03. The van der Waals surface area contributed by atoms with Crippen molar-refractivity contribution < 1.29 is 0 Å². The minimum atomic E-state index is 0.480. The molecule has 2 saturated heterocycles. The number of hydrogen-bond donors (Lipinski definition) is 1. The maximum atomic E-state index is 4.90. The zero-order chi connectivity index (χ0) is 20.9. The standard InChI is InChI=1S/C25H32N6/c1-2-8-20(9-3-1)10-6-14-30-15-7-11-21(19-30)24-22(18-27-29-24)23-12-13-26-25(28-23)31-16-4-5-17-31/h1-3,8-9,12-13,18,21H,4-7,10-11,14-17,19H2,(H,27,29)/t21-/m0/s1. The topological polar surface area (TPSA) is 60.9 Å². The lowest BCUT2D eigenvalue weighted by molar-refractivity contribution is 0.204. The number of rotatable bonds is 7. The van der Waals surface area contributed by atoms with E-state index in [-0.39, 0.29) is 0 Å². The van der Waals surface area contributed by atoms with Crippen LogP contribution in [0.5, 0.6) is 0 Å². The van der Waals surface area contributed by atoms with Crippen LogP contribution in [0.1, 0.15) is 49.3 Å². The van der Waals surface area contributed by atoms with Crippen molar-refractivity contribution in [2.75, 3.05) is 37.6 Å². The molecule has 0 spiro atoms. The lowest BCUT2D eigenvalue weighted by Gasteiger charge is -2.32. The molecule has 31 heavy (non-hydrogen) atoms. The number of piperidine rings is 1. The number of anilines is 1. The summed E-state index contributed by atoms with van der Waals surface area (Å²) in [6.07, 6.45) is 11.1. The first-order valence-electron chi connectivity index (χ1n) is 11.7. The second-order valence-corrected chi connectivity index (χ2v) is 8.86. The first-order chi connectivity index (χ1) is 15.4. The molecular weight excluding hydrogens is 384 g/mol. The van der Waals surface area contributed by atoms with E-state index in [9.17, 15) is 0 Å². The van der Waals surface area contributed by atoms with E-state index in [4.69, 9.17) is 4.98 Å². The van der Waals surface area contributed by atoms with E-state index < -0.39 is 0 Å². The van der Waals surface area contributed by atoms with E-state index in [2.05, 4.69) is 55.3 Å². The summed E-state index contributed by atoms with van der Waals surface area (Å²) >= 11 is 0. The lowest BCUT2D eigenvalue weighted by atomic mass is 9.91. The second kappa shape index (κ2) is 9.60. The fourth-order valence-electron chi connectivity index (χ4n) is 5.03. The number of hydrogen-bond acceptors (Lipinski definition) is 5. The van der Waals surface area contributed by atoms with Crippen LogP contribution in [0, 0.1) is 0 Å². The van der Waals surface area contributed by atoms with Crippen LogP contribution in [0.15, 0.2) is 48.8 Å². The quantitative estimate of drug-likeness (QED) is 0.623. The van der Waals surface area contributed by atoms with Gasteiger partial charge >= 0.3 is 0 Å². The summed E-state index contributed by atoms with van der Waals surface area (Å²) in [5.74, 6) is 1.33. The van der Waals surface area contributed by atoms with E-state index >= 15 is 0 Å². The molecule has 3 aromatic rings. The number of aryl methyl sites for hydroxylation is 1. The predicted molar refractivity (Wildman–Crippen MR) is 124 cm³/mol. The highest BCUT2D eigenvalue weighted by atomic mass is 15.3. The molecule has 0 aliphatic carbocycles. The minimum Gasteiger partial charge on any atom is -0.341 e. The SMILES string of the molecule is c1ccc(CCCN2CCC[C@H](c3[nH]ncc3-c3ccnc(N4CCCC4)n3)C2)cc1. The molecule has 1 N–H and O–H groups in total. The average molecular weight is 417 g/mol. The van der Waals surface area contributed by atoms with E-state index in [0.717, 1.165) is 49.8 Å². The Kier molecular flexibility index (Phi) is 6.25. The number of likely N-dealkylation sites (tertiary alicyclic amines) is 1. The molecule has 5 rings (SSSR count). The van der Waals surface area contributed by atoms with Gasteiger partial charge in [0.25, 0.3) is 0 Å². The normalized spacial score (nSPS) is 19.7. The molecule has 2 aromatic heterocycles. The Morgan fingerprint density at radius 1 is 1.00 bits per heavy atom. The number of benzene rings is 1. The van der Waals surface area contributed by atoms with Gasteiger partial charge in [0.1, 0.15) is 0 Å². The monoisotopic (exact) mass is 416 g/mol. The van der Waals surface area contributed by atoms with E-state index in [1.165, 1.54) is 49.9 Å². The Hall–Kier alpha value is -2.73. The number of nitrogens with zero attached hydrogens (tertiary/aromatic N) is 5. The van der Waals surface area contributed by atoms with Gasteiger partial charge in [-0.05, 0) is 63.2 Å². The lowest BCUT2D eigenvalue weighted by Crippen LogP contribution is -2.35. The van der Waals surface area contributed by atoms with Crippen LogP contribution >= 0.6 is 0 Å². The molecule has 2 aliphatic rings. The molecule has 0 amide bonds. The number of nitrogens with one attached hydrogen (secondary N) is 1. The number of H-pyrrole nitrogens is 1. The molecule has 6 heteroatoms. The maximum absolute atomic E-state index is 4.90. The van der Waals surface area contributed by atoms with Crippen LogP contribution in [0.4, 0.5) is 5.95 Å². The van der Waals surface area contributed by atoms with Gasteiger partial charge < -0.3 is 9.80 Å². The van der Waals surface area contributed by atoms with Gasteiger partial charge in [-0.25, -0.2) is 9.97 Å². The smallest absolute Gasteiger partial charge is 0.225 e. The minimum absolute atomic E-state index is 0.480. The molecule has 0 bridgehead atoms. The van der Waals surface area contributed by atoms with Crippen LogP contribution in [0.25, 0.3) is 11.3 Å². The van der Waals surface area contributed by atoms with Gasteiger partial charge in [-0.3, -0.25) is 5.10 Å². The second-order valence-electron chi connectivity index (χ2n) is 8.86. The highest BCUT2D eigenvalue weighted by molar-refractivity contribution is 5.63. The molecule has 0 saturated carbocycles. The van der Waals surface area contributed by atoms with Gasteiger partial charge in [-0.2, -0.15) is 5.10 Å². The largest absolute Gasteiger partial charge is 0.341 e. The van der Waals surface area contributed by atoms with Gasteiger partial charge in [-0.1, -0.05) is 30.3 Å². The van der Waals surface area contributed by atoms with E-state index in [1.54, 1.807) is 0 Å². The Morgan fingerprint density at radius 3 is 2.74 bits per heavy atom. The van der Waals surface area contributed by atoms with Gasteiger partial charge in [0.05, 0.1) is 11.9 Å². The first-order valence-corrected chi connectivity index (χ1v) is 11.7. The molecule has 1 aromatic carbocycles. The maximum Gasteiger partial charge on any atom is 0.225 e. The van der Waals surface area contributed by atoms with Crippen molar-refractivity contribution in [3.8, 4) is 11.3 Å². The first kappa shape index (κ1) is 20.2. The summed E-state index contributed by atoms with van der Waals surface area (Å²) in [5.41, 5.74) is 4.80. The highest BCUT2D eigenvalue weighted by Crippen LogP contribution is 2.33. The molecule has 0 radical (unpaired) electrons. The van der Waals surface area contributed by atoms with Crippen molar-refractivity contribution in [2.24, 2.45) is 0 Å². The molecule has 4 heterocycles. The van der Waals surface area contributed by atoms with E-state index in [0.29, 0.717) is 5.92 Å². The molecular formula is C25H32N6. The third-order valence-electron chi connectivity index (χ3n) is 6.67. The summed E-state index contributed by atoms with van der Waals surface area (Å²) < 4.78 is 0. The summed E-state index contributed by atoms with van der Waals surface area (Å²) in [6.45, 7) is 5.56. The summed E-state index contributed by atoms with van der Waals surface area (Å²) in [6, 6.07) is 12.8. The molecule has 2 fully saturated rings. The summed E-state index contributed by atoms with van der Waals surface area (Å²) in [4.78, 5) is 14.3. The summed E-state index contributed by atoms with van der Waals surface area (Å²) in [7, 11) is 0. The van der Waals surface area contributed by atoms with Crippen LogP contribution in [0.2, 0.25) is 0 Å². The van der Waals surface area contributed by atoms with Crippen molar-refractivity contribution >= 4 is 5.95 Å². The van der Waals surface area contributed by atoms with E-state index in [1.807, 2.05) is 18.5 Å². The fraction of sp³-hybridized carbons (Fsp3) is 0.480. The van der Waals surface area contributed by atoms with Crippen molar-refractivity contribution in [3.05, 3.63) is 60.0 Å². The Labute approximate surface area is 184 Å². The zero-order valence-corrected chi connectivity index (χ0v) is 18.2. The van der Waals surface area contributed by atoms with Crippen LogP contribution in [0.3, 0.4) is 0 Å². The Morgan fingerprint density at radius 2 is 1.87 bits per heavy atom. The van der Waals surface area contributed by atoms with Gasteiger partial charge in [0, 0.05) is 43.0 Å². The van der Waals surface area contributed by atoms with Gasteiger partial charge in [0.15, 0.2) is 0 Å². The average Bonchev–Trinajstić information content (AvgIpc) is 3.53. The summed E-state index contributed by atoms with van der Waals surface area (Å²) in [5, 5.41) is 7.73. The highest BCUT2D eigenvalue weighted by Gasteiger charge is 2.26. The third kappa shape index (κ3) is 4.79. The van der Waals surface area contributed by atoms with Crippen molar-refractivity contribution in [3.63, 3.8) is 0 Å². The number of aromatic amines is 1. The van der Waals surface area contributed by atoms with Crippen molar-refractivity contribution in [2.45, 2.75) is 44.4 Å². The zero-order valence-electron chi connectivity index (χ0n) is 18.2. The molecule has 0 unspecified atom stereocenters. The molecule has 1 atom stereocenters. The Balaban J connectivity index is 1.25. The van der Waals surface area contributed by atoms with Crippen molar-refractivity contribution in [1.29, 1.82) is 0 Å². The molecule has 6 nitrogen and oxygen atoms in total.